The number of aromatic nitrogens is 2. The number of rotatable bonds is 5. The van der Waals surface area contributed by atoms with Crippen molar-refractivity contribution in [1.82, 2.24) is 9.55 Å². The minimum Gasteiger partial charge on any atom is -0.491 e. The van der Waals surface area contributed by atoms with E-state index >= 15 is 0 Å². The van der Waals surface area contributed by atoms with E-state index in [0.29, 0.717) is 6.54 Å². The van der Waals surface area contributed by atoms with Crippen LogP contribution in [-0.4, -0.2) is 27.4 Å². The summed E-state index contributed by atoms with van der Waals surface area (Å²) in [6, 6.07) is 15.8. The first-order valence-electron chi connectivity index (χ1n) is 7.43. The Kier molecular flexibility index (Phi) is 4.11. The second kappa shape index (κ2) is 6.20. The Morgan fingerprint density at radius 3 is 2.59 bits per heavy atom. The van der Waals surface area contributed by atoms with Gasteiger partial charge in [-0.25, -0.2) is 4.98 Å². The largest absolute Gasteiger partial charge is 0.491 e. The van der Waals surface area contributed by atoms with E-state index in [0.717, 1.165) is 22.6 Å². The van der Waals surface area contributed by atoms with E-state index in [4.69, 9.17) is 4.74 Å². The predicted octanol–water partition coefficient (Wildman–Crippen LogP) is 3.09. The maximum atomic E-state index is 10.2. The zero-order valence-electron chi connectivity index (χ0n) is 12.9. The molecule has 22 heavy (non-hydrogen) atoms. The summed E-state index contributed by atoms with van der Waals surface area (Å²) in [5.41, 5.74) is 3.18. The average molecular weight is 296 g/mol. The Bertz CT molecular complexity index is 762. The Morgan fingerprint density at radius 1 is 1.09 bits per heavy atom. The smallest absolute Gasteiger partial charge is 0.119 e. The van der Waals surface area contributed by atoms with Gasteiger partial charge in [-0.1, -0.05) is 29.8 Å². The fourth-order valence-corrected chi connectivity index (χ4v) is 2.52. The highest BCUT2D eigenvalue weighted by atomic mass is 16.5. The number of benzene rings is 2. The summed E-state index contributed by atoms with van der Waals surface area (Å²) >= 11 is 0. The number of hydrogen-bond donors (Lipinski definition) is 1. The summed E-state index contributed by atoms with van der Waals surface area (Å²) in [5.74, 6) is 1.67. The Balaban J connectivity index is 1.67. The van der Waals surface area contributed by atoms with Crippen LogP contribution < -0.4 is 4.74 Å². The molecule has 3 rings (SSSR count). The van der Waals surface area contributed by atoms with Crippen molar-refractivity contribution < 1.29 is 9.84 Å². The first kappa shape index (κ1) is 14.6. The highest BCUT2D eigenvalue weighted by Crippen LogP contribution is 2.16. The number of para-hydroxylation sites is 2. The molecule has 0 unspecified atom stereocenters. The molecule has 0 radical (unpaired) electrons. The van der Waals surface area contributed by atoms with Crippen LogP contribution in [0.4, 0.5) is 0 Å². The molecule has 0 fully saturated rings. The molecule has 1 atom stereocenters. The van der Waals surface area contributed by atoms with Crippen molar-refractivity contribution in [2.24, 2.45) is 0 Å². The van der Waals surface area contributed by atoms with Crippen LogP contribution in [-0.2, 0) is 6.54 Å². The van der Waals surface area contributed by atoms with E-state index in [1.165, 1.54) is 5.56 Å². The van der Waals surface area contributed by atoms with Gasteiger partial charge in [-0.15, -0.1) is 0 Å². The van der Waals surface area contributed by atoms with Gasteiger partial charge < -0.3 is 14.4 Å². The first-order valence-corrected chi connectivity index (χ1v) is 7.43. The molecule has 1 aromatic heterocycles. The minimum absolute atomic E-state index is 0.259. The van der Waals surface area contributed by atoms with Crippen LogP contribution in [0.1, 0.15) is 11.4 Å². The second-order valence-corrected chi connectivity index (χ2v) is 5.54. The topological polar surface area (TPSA) is 47.3 Å². The van der Waals surface area contributed by atoms with Gasteiger partial charge in [0.05, 0.1) is 17.6 Å². The average Bonchev–Trinajstić information content (AvgIpc) is 2.83. The zero-order valence-corrected chi connectivity index (χ0v) is 12.9. The molecule has 0 aliphatic rings. The third-order valence-electron chi connectivity index (χ3n) is 3.70. The van der Waals surface area contributed by atoms with Gasteiger partial charge in [0.1, 0.15) is 24.3 Å². The van der Waals surface area contributed by atoms with Gasteiger partial charge in [-0.2, -0.15) is 0 Å². The van der Waals surface area contributed by atoms with E-state index < -0.39 is 6.10 Å². The fraction of sp³-hybridized carbons (Fsp3) is 0.278. The summed E-state index contributed by atoms with van der Waals surface area (Å²) < 4.78 is 7.67. The summed E-state index contributed by atoms with van der Waals surface area (Å²) in [6.07, 6.45) is -0.586. The highest BCUT2D eigenvalue weighted by Gasteiger charge is 2.12. The van der Waals surface area contributed by atoms with Crippen molar-refractivity contribution in [2.75, 3.05) is 6.61 Å². The molecule has 4 nitrogen and oxygen atoms in total. The van der Waals surface area contributed by atoms with Crippen LogP contribution in [0, 0.1) is 13.8 Å². The van der Waals surface area contributed by atoms with Gasteiger partial charge in [0.25, 0.3) is 0 Å². The molecule has 0 aliphatic heterocycles. The van der Waals surface area contributed by atoms with Crippen LogP contribution in [0.2, 0.25) is 0 Å². The molecule has 114 valence electrons. The molecule has 4 heteroatoms. The first-order chi connectivity index (χ1) is 10.6. The number of aliphatic hydroxyl groups excluding tert-OH is 1. The third-order valence-corrected chi connectivity index (χ3v) is 3.70. The molecule has 0 bridgehead atoms. The van der Waals surface area contributed by atoms with E-state index in [-0.39, 0.29) is 6.61 Å². The predicted molar refractivity (Wildman–Crippen MR) is 87.2 cm³/mol. The lowest BCUT2D eigenvalue weighted by Gasteiger charge is -2.15. The molecular formula is C18H20N2O2. The molecule has 3 aromatic rings. The Morgan fingerprint density at radius 2 is 1.82 bits per heavy atom. The van der Waals surface area contributed by atoms with Gasteiger partial charge in [-0.05, 0) is 38.1 Å². The maximum absolute atomic E-state index is 10.2. The SMILES string of the molecule is Cc1ccc(OC[C@H](O)Cn2c(C)nc3ccccc32)cc1. The van der Waals surface area contributed by atoms with Crippen LogP contribution in [0.5, 0.6) is 5.75 Å². The van der Waals surface area contributed by atoms with Crippen LogP contribution in [0.3, 0.4) is 0 Å². The maximum Gasteiger partial charge on any atom is 0.119 e. The highest BCUT2D eigenvalue weighted by molar-refractivity contribution is 5.75. The molecular weight excluding hydrogens is 276 g/mol. The lowest BCUT2D eigenvalue weighted by Crippen LogP contribution is -2.24. The molecule has 1 N–H and O–H groups in total. The number of aliphatic hydroxyl groups is 1. The van der Waals surface area contributed by atoms with Gasteiger partial charge in [0.15, 0.2) is 0 Å². The molecule has 1 heterocycles. The lowest BCUT2D eigenvalue weighted by atomic mass is 10.2. The number of ether oxygens (including phenoxy) is 1. The molecule has 0 saturated carbocycles. The van der Waals surface area contributed by atoms with E-state index in [9.17, 15) is 5.11 Å². The summed E-state index contributed by atoms with van der Waals surface area (Å²) in [5, 5.41) is 10.2. The van der Waals surface area contributed by atoms with Gasteiger partial charge >= 0.3 is 0 Å². The number of aryl methyl sites for hydroxylation is 2. The molecule has 0 saturated heterocycles. The standard InChI is InChI=1S/C18H20N2O2/c1-13-7-9-16(10-8-13)22-12-15(21)11-20-14(2)19-17-5-3-4-6-18(17)20/h3-10,15,21H,11-12H2,1-2H3/t15-/m1/s1. The lowest BCUT2D eigenvalue weighted by molar-refractivity contribution is 0.0929. The van der Waals surface area contributed by atoms with Crippen molar-refractivity contribution in [2.45, 2.75) is 26.5 Å². The van der Waals surface area contributed by atoms with Crippen LogP contribution >= 0.6 is 0 Å². The van der Waals surface area contributed by atoms with Gasteiger partial charge in [0.2, 0.25) is 0 Å². The van der Waals surface area contributed by atoms with Crippen molar-refractivity contribution in [3.63, 3.8) is 0 Å². The molecule has 0 amide bonds. The van der Waals surface area contributed by atoms with Crippen LogP contribution in [0.25, 0.3) is 11.0 Å². The van der Waals surface area contributed by atoms with Gasteiger partial charge in [0, 0.05) is 0 Å². The number of fused-ring (bicyclic) bond motifs is 1. The van der Waals surface area contributed by atoms with Crippen LogP contribution in [0.15, 0.2) is 48.5 Å². The molecule has 2 aromatic carbocycles. The van der Waals surface area contributed by atoms with Crippen molar-refractivity contribution >= 4 is 11.0 Å². The normalized spacial score (nSPS) is 12.5. The monoisotopic (exact) mass is 296 g/mol. The number of nitrogens with zero attached hydrogens (tertiary/aromatic N) is 2. The summed E-state index contributed by atoms with van der Waals surface area (Å²) in [7, 11) is 0. The summed E-state index contributed by atoms with van der Waals surface area (Å²) in [4.78, 5) is 4.51. The van der Waals surface area contributed by atoms with E-state index in [2.05, 4.69) is 4.98 Å². The molecule has 0 aliphatic carbocycles. The summed E-state index contributed by atoms with van der Waals surface area (Å²) in [6.45, 7) is 4.71. The third kappa shape index (κ3) is 3.12. The number of imidazole rings is 1. The molecule has 0 spiro atoms. The second-order valence-electron chi connectivity index (χ2n) is 5.54. The van der Waals surface area contributed by atoms with E-state index in [1.54, 1.807) is 0 Å². The van der Waals surface area contributed by atoms with Crippen molar-refractivity contribution in [1.29, 1.82) is 0 Å². The fourth-order valence-electron chi connectivity index (χ4n) is 2.52. The zero-order chi connectivity index (χ0) is 15.5. The van der Waals surface area contributed by atoms with Crippen molar-refractivity contribution in [3.8, 4) is 5.75 Å². The van der Waals surface area contributed by atoms with E-state index in [1.807, 2.05) is 66.9 Å². The van der Waals surface area contributed by atoms with Gasteiger partial charge in [-0.3, -0.25) is 0 Å². The van der Waals surface area contributed by atoms with Crippen molar-refractivity contribution in [3.05, 3.63) is 59.9 Å². The minimum atomic E-state index is -0.586. The quantitative estimate of drug-likeness (QED) is 0.787. The number of hydrogen-bond acceptors (Lipinski definition) is 3. The Labute approximate surface area is 130 Å². The Hall–Kier alpha value is -2.33.